The van der Waals surface area contributed by atoms with Crippen LogP contribution in [0, 0.1) is 6.92 Å². The maximum Gasteiger partial charge on any atom is 0.317 e. The van der Waals surface area contributed by atoms with Crippen LogP contribution in [-0.2, 0) is 6.54 Å². The molecule has 1 aromatic carbocycles. The van der Waals surface area contributed by atoms with Crippen LogP contribution in [0.4, 0.5) is 4.79 Å². The highest BCUT2D eigenvalue weighted by Gasteiger charge is 2.27. The van der Waals surface area contributed by atoms with Crippen LogP contribution in [-0.4, -0.2) is 52.9 Å². The molecule has 1 unspecified atom stereocenters. The van der Waals surface area contributed by atoms with E-state index < -0.39 is 0 Å². The molecule has 1 aliphatic rings. The van der Waals surface area contributed by atoms with Crippen molar-refractivity contribution in [1.29, 1.82) is 0 Å². The van der Waals surface area contributed by atoms with Crippen molar-refractivity contribution >= 4 is 6.03 Å². The topological polar surface area (TPSA) is 92.4 Å². The third kappa shape index (κ3) is 4.50. The molecule has 27 heavy (non-hydrogen) atoms. The molecule has 2 N–H and O–H groups in total. The number of hydrogen-bond donors (Lipinski definition) is 2. The molecule has 2 amide bonds. The van der Waals surface area contributed by atoms with Crippen molar-refractivity contribution in [3.8, 4) is 11.5 Å². The zero-order valence-electron chi connectivity index (χ0n) is 16.1. The summed E-state index contributed by atoms with van der Waals surface area (Å²) in [5.74, 6) is 3.10. The van der Waals surface area contributed by atoms with Crippen molar-refractivity contribution in [2.75, 3.05) is 26.8 Å². The number of likely N-dealkylation sites (tertiary alicyclic amines) is 1. The predicted octanol–water partition coefficient (Wildman–Crippen LogP) is 2.61. The van der Waals surface area contributed by atoms with Gasteiger partial charge in [-0.25, -0.2) is 9.78 Å². The Balaban J connectivity index is 1.62. The molecular formula is C19H27N5O3. The van der Waals surface area contributed by atoms with E-state index >= 15 is 0 Å². The van der Waals surface area contributed by atoms with Gasteiger partial charge in [-0.1, -0.05) is 12.1 Å². The van der Waals surface area contributed by atoms with Gasteiger partial charge in [0.2, 0.25) is 0 Å². The number of hydrogen-bond acceptors (Lipinski definition) is 5. The average molecular weight is 373 g/mol. The van der Waals surface area contributed by atoms with Crippen LogP contribution in [0.5, 0.6) is 11.5 Å². The summed E-state index contributed by atoms with van der Waals surface area (Å²) in [6, 6.07) is 5.59. The second-order valence-corrected chi connectivity index (χ2v) is 6.60. The second kappa shape index (κ2) is 8.75. The van der Waals surface area contributed by atoms with Gasteiger partial charge < -0.3 is 19.7 Å². The lowest BCUT2D eigenvalue weighted by atomic mass is 9.98. The van der Waals surface area contributed by atoms with Crippen LogP contribution in [0.1, 0.15) is 42.9 Å². The van der Waals surface area contributed by atoms with Crippen molar-refractivity contribution in [1.82, 2.24) is 25.4 Å². The number of aromatic amines is 1. The number of nitrogens with zero attached hydrogens (tertiary/aromatic N) is 3. The first-order valence-corrected chi connectivity index (χ1v) is 9.32. The normalized spacial score (nSPS) is 16.9. The number of H-pyrrole nitrogens is 1. The van der Waals surface area contributed by atoms with Gasteiger partial charge in [-0.3, -0.25) is 5.10 Å². The number of carbonyl (C=O) groups is 1. The molecule has 0 aliphatic carbocycles. The van der Waals surface area contributed by atoms with Gasteiger partial charge in [0, 0.05) is 31.1 Å². The summed E-state index contributed by atoms with van der Waals surface area (Å²) in [5, 5.41) is 10.1. The minimum atomic E-state index is -0.0859. The molecule has 1 aromatic heterocycles. The Bertz CT molecular complexity index is 776. The van der Waals surface area contributed by atoms with Gasteiger partial charge in [-0.15, -0.1) is 0 Å². The largest absolute Gasteiger partial charge is 0.493 e. The number of methoxy groups -OCH3 is 1. The number of amides is 2. The molecule has 0 radical (unpaired) electrons. The SMILES string of the molecule is CCOc1c(CNC(=O)N2CCCC(c3n[nH]c(C)n3)C2)cccc1OC. The van der Waals surface area contributed by atoms with Crippen LogP contribution in [0.3, 0.4) is 0 Å². The molecule has 0 bridgehead atoms. The van der Waals surface area contributed by atoms with Crippen LogP contribution in [0.25, 0.3) is 0 Å². The summed E-state index contributed by atoms with van der Waals surface area (Å²) in [4.78, 5) is 18.9. The fraction of sp³-hybridized carbons (Fsp3) is 0.526. The number of urea groups is 1. The second-order valence-electron chi connectivity index (χ2n) is 6.60. The van der Waals surface area contributed by atoms with E-state index in [-0.39, 0.29) is 11.9 Å². The first-order chi connectivity index (χ1) is 13.1. The molecule has 0 spiro atoms. The van der Waals surface area contributed by atoms with Gasteiger partial charge in [-0.2, -0.15) is 5.10 Å². The van der Waals surface area contributed by atoms with E-state index in [0.29, 0.717) is 31.2 Å². The average Bonchev–Trinajstić information content (AvgIpc) is 3.13. The monoisotopic (exact) mass is 373 g/mol. The van der Waals surface area contributed by atoms with Gasteiger partial charge in [0.15, 0.2) is 17.3 Å². The number of ether oxygens (including phenoxy) is 2. The molecule has 3 rings (SSSR count). The van der Waals surface area contributed by atoms with E-state index in [4.69, 9.17) is 9.47 Å². The van der Waals surface area contributed by atoms with Crippen molar-refractivity contribution < 1.29 is 14.3 Å². The highest BCUT2D eigenvalue weighted by Crippen LogP contribution is 2.31. The van der Waals surface area contributed by atoms with E-state index in [1.165, 1.54) is 0 Å². The summed E-state index contributed by atoms with van der Waals surface area (Å²) in [7, 11) is 1.61. The van der Waals surface area contributed by atoms with Crippen LogP contribution < -0.4 is 14.8 Å². The highest BCUT2D eigenvalue weighted by atomic mass is 16.5. The van der Waals surface area contributed by atoms with Gasteiger partial charge in [0.05, 0.1) is 13.7 Å². The lowest BCUT2D eigenvalue weighted by Crippen LogP contribution is -2.44. The predicted molar refractivity (Wildman–Crippen MR) is 101 cm³/mol. The smallest absolute Gasteiger partial charge is 0.317 e. The molecule has 146 valence electrons. The van der Waals surface area contributed by atoms with E-state index in [1.54, 1.807) is 7.11 Å². The maximum atomic E-state index is 12.7. The van der Waals surface area contributed by atoms with E-state index in [1.807, 2.05) is 36.9 Å². The molecule has 2 heterocycles. The lowest BCUT2D eigenvalue weighted by molar-refractivity contribution is 0.178. The molecule has 1 atom stereocenters. The Labute approximate surface area is 159 Å². The zero-order valence-corrected chi connectivity index (χ0v) is 16.1. The number of aromatic nitrogens is 3. The Morgan fingerprint density at radius 2 is 2.30 bits per heavy atom. The maximum absolute atomic E-state index is 12.7. The molecule has 0 saturated carbocycles. The highest BCUT2D eigenvalue weighted by molar-refractivity contribution is 5.74. The molecule has 8 heteroatoms. The number of piperidine rings is 1. The van der Waals surface area contributed by atoms with Gasteiger partial charge in [-0.05, 0) is 32.8 Å². The summed E-state index contributed by atoms with van der Waals surface area (Å²) >= 11 is 0. The first-order valence-electron chi connectivity index (χ1n) is 9.32. The summed E-state index contributed by atoms with van der Waals surface area (Å²) in [6.07, 6.45) is 1.93. The van der Waals surface area contributed by atoms with Crippen molar-refractivity contribution in [2.24, 2.45) is 0 Å². The number of nitrogens with one attached hydrogen (secondary N) is 2. The molecular weight excluding hydrogens is 346 g/mol. The van der Waals surface area contributed by atoms with E-state index in [9.17, 15) is 4.79 Å². The standard InChI is InChI=1S/C19H27N5O3/c1-4-27-17-14(7-5-9-16(17)26-3)11-20-19(25)24-10-6-8-15(12-24)18-21-13(2)22-23-18/h5,7,9,15H,4,6,8,10-12H2,1-3H3,(H,20,25)(H,21,22,23). The number of benzene rings is 1. The number of para-hydroxylation sites is 1. The Hall–Kier alpha value is -2.77. The fourth-order valence-corrected chi connectivity index (χ4v) is 3.37. The minimum Gasteiger partial charge on any atom is -0.493 e. The van der Waals surface area contributed by atoms with Gasteiger partial charge in [0.1, 0.15) is 5.82 Å². The fourth-order valence-electron chi connectivity index (χ4n) is 3.37. The van der Waals surface area contributed by atoms with Crippen molar-refractivity contribution in [3.05, 3.63) is 35.4 Å². The quantitative estimate of drug-likeness (QED) is 0.812. The third-order valence-electron chi connectivity index (χ3n) is 4.69. The minimum absolute atomic E-state index is 0.0859. The summed E-state index contributed by atoms with van der Waals surface area (Å²) < 4.78 is 11.1. The Morgan fingerprint density at radius 1 is 1.44 bits per heavy atom. The third-order valence-corrected chi connectivity index (χ3v) is 4.69. The molecule has 2 aromatic rings. The number of aryl methyl sites for hydroxylation is 1. The van der Waals surface area contributed by atoms with Crippen molar-refractivity contribution in [2.45, 2.75) is 39.2 Å². The number of rotatable bonds is 6. The van der Waals surface area contributed by atoms with Crippen LogP contribution in [0.15, 0.2) is 18.2 Å². The Morgan fingerprint density at radius 3 is 3.00 bits per heavy atom. The van der Waals surface area contributed by atoms with Gasteiger partial charge >= 0.3 is 6.03 Å². The molecule has 1 fully saturated rings. The lowest BCUT2D eigenvalue weighted by Gasteiger charge is -2.31. The first kappa shape index (κ1) is 19.0. The summed E-state index contributed by atoms with van der Waals surface area (Å²) in [6.45, 7) is 6.08. The van der Waals surface area contributed by atoms with Crippen LogP contribution in [0.2, 0.25) is 0 Å². The molecule has 1 saturated heterocycles. The number of carbonyl (C=O) groups excluding carboxylic acids is 1. The van der Waals surface area contributed by atoms with Crippen LogP contribution >= 0.6 is 0 Å². The zero-order chi connectivity index (χ0) is 19.2. The van der Waals surface area contributed by atoms with E-state index in [2.05, 4.69) is 20.5 Å². The molecule has 1 aliphatic heterocycles. The van der Waals surface area contributed by atoms with Crippen molar-refractivity contribution in [3.63, 3.8) is 0 Å². The molecule has 8 nitrogen and oxygen atoms in total. The summed E-state index contributed by atoms with van der Waals surface area (Å²) in [5.41, 5.74) is 0.891. The Kier molecular flexibility index (Phi) is 6.16. The van der Waals surface area contributed by atoms with Gasteiger partial charge in [0.25, 0.3) is 0 Å². The van der Waals surface area contributed by atoms with E-state index in [0.717, 1.165) is 36.6 Å².